The van der Waals surface area contributed by atoms with Crippen molar-refractivity contribution in [3.05, 3.63) is 48.5 Å². The predicted octanol–water partition coefficient (Wildman–Crippen LogP) is 3.33. The molecule has 0 bridgehead atoms. The van der Waals surface area contributed by atoms with Gasteiger partial charge in [0.25, 0.3) is 0 Å². The third-order valence-electron chi connectivity index (χ3n) is 2.10. The summed E-state index contributed by atoms with van der Waals surface area (Å²) in [7, 11) is 0. The Morgan fingerprint density at radius 1 is 1.53 bits per heavy atom. The second kappa shape index (κ2) is 3.69. The van der Waals surface area contributed by atoms with E-state index in [9.17, 15) is 9.18 Å². The molecule has 0 unspecified atom stereocenters. The maximum Gasteiger partial charge on any atom is 0.201 e. The molecule has 0 amide bonds. The summed E-state index contributed by atoms with van der Waals surface area (Å²) in [6.07, 6.45) is 1.69. The minimum absolute atomic E-state index is 0.130. The van der Waals surface area contributed by atoms with Crippen LogP contribution in [0.15, 0.2) is 41.3 Å². The molecule has 2 aromatic rings. The minimum atomic E-state index is -0.454. The fourth-order valence-electron chi connectivity index (χ4n) is 1.40. The highest BCUT2D eigenvalue weighted by molar-refractivity contribution is 5.98. The lowest BCUT2D eigenvalue weighted by Crippen LogP contribution is -1.93. The number of rotatable bonds is 3. The van der Waals surface area contributed by atoms with E-state index in [1.54, 1.807) is 18.2 Å². The quantitative estimate of drug-likeness (QED) is 0.567. The van der Waals surface area contributed by atoms with Crippen LogP contribution < -0.4 is 0 Å². The Hall–Kier alpha value is -1.90. The molecule has 0 aliphatic carbocycles. The Kier molecular flexibility index (Phi) is 2.37. The van der Waals surface area contributed by atoms with Crippen LogP contribution in [-0.4, -0.2) is 5.78 Å². The topological polar surface area (TPSA) is 30.2 Å². The number of carbonyl (C=O) groups is 1. The van der Waals surface area contributed by atoms with E-state index in [0.29, 0.717) is 5.39 Å². The summed E-state index contributed by atoms with van der Waals surface area (Å²) in [4.78, 5) is 11.4. The number of hydrogen-bond donors (Lipinski definition) is 0. The molecule has 76 valence electrons. The Morgan fingerprint density at radius 3 is 3.00 bits per heavy atom. The van der Waals surface area contributed by atoms with E-state index < -0.39 is 5.82 Å². The highest BCUT2D eigenvalue weighted by Crippen LogP contribution is 2.22. The van der Waals surface area contributed by atoms with E-state index in [0.717, 1.165) is 0 Å². The lowest BCUT2D eigenvalue weighted by atomic mass is 10.2. The summed E-state index contributed by atoms with van der Waals surface area (Å²) in [5, 5.41) is 0.599. The van der Waals surface area contributed by atoms with Crippen LogP contribution in [0.3, 0.4) is 0 Å². The molecule has 1 heterocycles. The third-order valence-corrected chi connectivity index (χ3v) is 2.10. The zero-order chi connectivity index (χ0) is 10.8. The average molecular weight is 204 g/mol. The van der Waals surface area contributed by atoms with E-state index in [2.05, 4.69) is 6.58 Å². The summed E-state index contributed by atoms with van der Waals surface area (Å²) in [5.41, 5.74) is 0.130. The molecule has 2 nitrogen and oxygen atoms in total. The zero-order valence-electron chi connectivity index (χ0n) is 8.00. The van der Waals surface area contributed by atoms with Gasteiger partial charge in [0.2, 0.25) is 5.78 Å². The molecule has 2 rings (SSSR count). The summed E-state index contributed by atoms with van der Waals surface area (Å²) in [5.74, 6) is -0.472. The summed E-state index contributed by atoms with van der Waals surface area (Å²) < 4.78 is 18.4. The smallest absolute Gasteiger partial charge is 0.201 e. The maximum atomic E-state index is 13.2. The Bertz CT molecular complexity index is 525. The molecule has 0 aliphatic heterocycles. The van der Waals surface area contributed by atoms with Crippen molar-refractivity contribution in [3.8, 4) is 0 Å². The van der Waals surface area contributed by atoms with Crippen LogP contribution in [0.25, 0.3) is 11.0 Å². The van der Waals surface area contributed by atoms with E-state index in [1.807, 2.05) is 0 Å². The van der Waals surface area contributed by atoms with Crippen molar-refractivity contribution in [2.24, 2.45) is 0 Å². The lowest BCUT2D eigenvalue weighted by Gasteiger charge is -1.90. The van der Waals surface area contributed by atoms with Crippen molar-refractivity contribution in [1.29, 1.82) is 0 Å². The Morgan fingerprint density at radius 2 is 2.33 bits per heavy atom. The average Bonchev–Trinajstić information content (AvgIpc) is 2.63. The van der Waals surface area contributed by atoms with Crippen LogP contribution in [0.1, 0.15) is 17.0 Å². The molecule has 0 atom stereocenters. The molecular formula is C12H9FO2. The number of fused-ring (bicyclic) bond motifs is 1. The van der Waals surface area contributed by atoms with Gasteiger partial charge >= 0.3 is 0 Å². The number of hydrogen-bond acceptors (Lipinski definition) is 2. The second-order valence-electron chi connectivity index (χ2n) is 3.18. The van der Waals surface area contributed by atoms with Gasteiger partial charge in [-0.1, -0.05) is 18.2 Å². The number of ketones is 1. The fraction of sp³-hybridized carbons (Fsp3) is 0.0833. The normalized spacial score (nSPS) is 10.5. The van der Waals surface area contributed by atoms with Gasteiger partial charge in [-0.15, -0.1) is 6.58 Å². The molecule has 1 aromatic carbocycles. The molecule has 0 spiro atoms. The van der Waals surface area contributed by atoms with Gasteiger partial charge in [-0.3, -0.25) is 4.79 Å². The van der Waals surface area contributed by atoms with Crippen LogP contribution in [-0.2, 0) is 0 Å². The zero-order valence-corrected chi connectivity index (χ0v) is 8.00. The molecule has 0 N–H and O–H groups in total. The molecule has 0 fully saturated rings. The van der Waals surface area contributed by atoms with Crippen LogP contribution in [0, 0.1) is 5.82 Å². The van der Waals surface area contributed by atoms with Crippen LogP contribution in [0.5, 0.6) is 0 Å². The Balaban J connectivity index is 2.51. The van der Waals surface area contributed by atoms with Crippen molar-refractivity contribution >= 4 is 16.8 Å². The van der Waals surface area contributed by atoms with Gasteiger partial charge in [-0.2, -0.15) is 0 Å². The fourth-order valence-corrected chi connectivity index (χ4v) is 1.40. The minimum Gasteiger partial charge on any atom is -0.450 e. The number of Topliss-reactive ketones (excluding diaryl/α,β-unsaturated/α-hetero) is 1. The summed E-state index contributed by atoms with van der Waals surface area (Å²) in [6.45, 7) is 3.46. The molecular weight excluding hydrogens is 195 g/mol. The summed E-state index contributed by atoms with van der Waals surface area (Å²) in [6, 6.07) is 6.12. The van der Waals surface area contributed by atoms with Crippen molar-refractivity contribution < 1.29 is 13.6 Å². The van der Waals surface area contributed by atoms with Crippen molar-refractivity contribution in [2.75, 3.05) is 0 Å². The standard InChI is InChI=1S/C12H9FO2/c1-2-4-10(14)11-7-8-5-3-6-9(13)12(8)15-11/h2-3,5-7H,1,4H2. The van der Waals surface area contributed by atoms with Crippen molar-refractivity contribution in [2.45, 2.75) is 6.42 Å². The molecule has 0 saturated heterocycles. The maximum absolute atomic E-state index is 13.2. The molecule has 0 saturated carbocycles. The van der Waals surface area contributed by atoms with Crippen molar-refractivity contribution in [1.82, 2.24) is 0 Å². The number of halogens is 1. The largest absolute Gasteiger partial charge is 0.450 e. The van der Waals surface area contributed by atoms with Gasteiger partial charge in [0.05, 0.1) is 0 Å². The number of benzene rings is 1. The van der Waals surface area contributed by atoms with Gasteiger partial charge in [0.1, 0.15) is 0 Å². The second-order valence-corrected chi connectivity index (χ2v) is 3.18. The molecule has 3 heteroatoms. The van der Waals surface area contributed by atoms with E-state index in [-0.39, 0.29) is 23.5 Å². The molecule has 15 heavy (non-hydrogen) atoms. The molecule has 0 radical (unpaired) electrons. The molecule has 1 aromatic heterocycles. The van der Waals surface area contributed by atoms with E-state index in [4.69, 9.17) is 4.42 Å². The summed E-state index contributed by atoms with van der Waals surface area (Å²) >= 11 is 0. The first-order chi connectivity index (χ1) is 7.22. The highest BCUT2D eigenvalue weighted by Gasteiger charge is 2.12. The number of para-hydroxylation sites is 1. The number of allylic oxidation sites excluding steroid dienone is 1. The first kappa shape index (κ1) is 9.65. The number of carbonyl (C=O) groups excluding carboxylic acids is 1. The van der Waals surface area contributed by atoms with Crippen LogP contribution in [0.4, 0.5) is 4.39 Å². The van der Waals surface area contributed by atoms with Gasteiger partial charge in [-0.25, -0.2) is 4.39 Å². The lowest BCUT2D eigenvalue weighted by molar-refractivity contribution is 0.0971. The first-order valence-electron chi connectivity index (χ1n) is 4.54. The van der Waals surface area contributed by atoms with E-state index in [1.165, 1.54) is 12.1 Å². The first-order valence-corrected chi connectivity index (χ1v) is 4.54. The van der Waals surface area contributed by atoms with Crippen molar-refractivity contribution in [3.63, 3.8) is 0 Å². The van der Waals surface area contributed by atoms with E-state index >= 15 is 0 Å². The highest BCUT2D eigenvalue weighted by atomic mass is 19.1. The van der Waals surface area contributed by atoms with Gasteiger partial charge in [-0.05, 0) is 12.1 Å². The van der Waals surface area contributed by atoms with Gasteiger partial charge in [0.15, 0.2) is 17.2 Å². The third kappa shape index (κ3) is 1.68. The molecule has 0 aliphatic rings. The number of furan rings is 1. The van der Waals surface area contributed by atoms with Gasteiger partial charge in [0, 0.05) is 11.8 Å². The van der Waals surface area contributed by atoms with Crippen LogP contribution >= 0.6 is 0 Å². The SMILES string of the molecule is C=CCC(=O)c1cc2cccc(F)c2o1. The Labute approximate surface area is 86.0 Å². The van der Waals surface area contributed by atoms with Gasteiger partial charge < -0.3 is 4.42 Å². The monoisotopic (exact) mass is 204 g/mol. The predicted molar refractivity (Wildman–Crippen MR) is 55.3 cm³/mol. The van der Waals surface area contributed by atoms with Crippen LogP contribution in [0.2, 0.25) is 0 Å².